The van der Waals surface area contributed by atoms with E-state index in [0.717, 1.165) is 51.7 Å². The van der Waals surface area contributed by atoms with Crippen molar-refractivity contribution in [2.45, 2.75) is 53.6 Å². The van der Waals surface area contributed by atoms with Gasteiger partial charge in [-0.1, -0.05) is 34.6 Å². The maximum Gasteiger partial charge on any atom is 0.191 e. The van der Waals surface area contributed by atoms with Crippen LogP contribution in [-0.4, -0.2) is 63.3 Å². The van der Waals surface area contributed by atoms with Gasteiger partial charge >= 0.3 is 0 Å². The van der Waals surface area contributed by atoms with Crippen LogP contribution in [0.5, 0.6) is 0 Å². The maximum atomic E-state index is 5.87. The second kappa shape index (κ2) is 12.3. The molecule has 0 amide bonds. The highest BCUT2D eigenvalue weighted by atomic mass is 127. The van der Waals surface area contributed by atoms with Crippen molar-refractivity contribution in [1.29, 1.82) is 0 Å². The Balaban J connectivity index is 0.00000529. The lowest BCUT2D eigenvalue weighted by Crippen LogP contribution is -2.50. The number of guanidine groups is 1. The summed E-state index contributed by atoms with van der Waals surface area (Å²) in [5.41, 5.74) is 0.397. The van der Waals surface area contributed by atoms with Crippen LogP contribution in [-0.2, 0) is 4.74 Å². The van der Waals surface area contributed by atoms with Crippen LogP contribution in [0.3, 0.4) is 0 Å². The predicted octanol–water partition coefficient (Wildman–Crippen LogP) is 2.95. The minimum atomic E-state index is 0. The minimum Gasteiger partial charge on any atom is -0.374 e. The lowest BCUT2D eigenvalue weighted by atomic mass is 9.91. The van der Waals surface area contributed by atoms with Gasteiger partial charge in [0.05, 0.1) is 12.7 Å². The second-order valence-electron chi connectivity index (χ2n) is 8.19. The van der Waals surface area contributed by atoms with E-state index in [1.54, 1.807) is 0 Å². The van der Waals surface area contributed by atoms with Crippen molar-refractivity contribution in [3.05, 3.63) is 0 Å². The van der Waals surface area contributed by atoms with Crippen molar-refractivity contribution < 1.29 is 4.74 Å². The number of morpholine rings is 1. The maximum absolute atomic E-state index is 5.87. The molecule has 0 bridgehead atoms. The van der Waals surface area contributed by atoms with Gasteiger partial charge in [0.15, 0.2) is 5.96 Å². The fraction of sp³-hybridized carbons (Fsp3) is 0.944. The van der Waals surface area contributed by atoms with E-state index in [1.165, 1.54) is 6.42 Å². The molecule has 0 spiro atoms. The van der Waals surface area contributed by atoms with Crippen LogP contribution in [0.4, 0.5) is 0 Å². The van der Waals surface area contributed by atoms with E-state index >= 15 is 0 Å². The van der Waals surface area contributed by atoms with Gasteiger partial charge in [0.1, 0.15) is 0 Å². The van der Waals surface area contributed by atoms with Crippen LogP contribution in [0.2, 0.25) is 0 Å². The van der Waals surface area contributed by atoms with Crippen LogP contribution < -0.4 is 10.6 Å². The van der Waals surface area contributed by atoms with Crippen molar-refractivity contribution in [1.82, 2.24) is 15.5 Å². The molecule has 2 N–H and O–H groups in total. The largest absolute Gasteiger partial charge is 0.374 e. The first-order valence-corrected chi connectivity index (χ1v) is 9.08. The summed E-state index contributed by atoms with van der Waals surface area (Å²) in [7, 11) is 1.83. The van der Waals surface area contributed by atoms with Crippen LogP contribution in [0.25, 0.3) is 0 Å². The molecular weight excluding hydrogens is 415 g/mol. The molecule has 144 valence electrons. The van der Waals surface area contributed by atoms with E-state index in [0.29, 0.717) is 11.3 Å². The molecule has 1 unspecified atom stereocenters. The molecule has 0 aliphatic carbocycles. The van der Waals surface area contributed by atoms with Gasteiger partial charge in [-0.25, -0.2) is 0 Å². The predicted molar refractivity (Wildman–Crippen MR) is 114 cm³/mol. The number of rotatable bonds is 7. The molecule has 0 aromatic rings. The molecular formula is C18H39IN4O. The molecule has 0 aromatic carbocycles. The third kappa shape index (κ3) is 11.5. The van der Waals surface area contributed by atoms with Gasteiger partial charge in [0.2, 0.25) is 0 Å². The summed E-state index contributed by atoms with van der Waals surface area (Å²) in [6.07, 6.45) is 2.62. The highest BCUT2D eigenvalue weighted by molar-refractivity contribution is 14.0. The summed E-state index contributed by atoms with van der Waals surface area (Å²) >= 11 is 0. The molecule has 0 aromatic heterocycles. The summed E-state index contributed by atoms with van der Waals surface area (Å²) in [6.45, 7) is 17.2. The van der Waals surface area contributed by atoms with E-state index in [-0.39, 0.29) is 30.1 Å². The topological polar surface area (TPSA) is 48.9 Å². The molecule has 0 saturated carbocycles. The summed E-state index contributed by atoms with van der Waals surface area (Å²) in [4.78, 5) is 6.80. The van der Waals surface area contributed by atoms with Gasteiger partial charge in [-0.05, 0) is 24.2 Å². The molecule has 24 heavy (non-hydrogen) atoms. The van der Waals surface area contributed by atoms with Crippen LogP contribution in [0.15, 0.2) is 4.99 Å². The fourth-order valence-electron chi connectivity index (χ4n) is 2.84. The average Bonchev–Trinajstić information content (AvgIpc) is 2.45. The second-order valence-corrected chi connectivity index (χ2v) is 8.19. The van der Waals surface area contributed by atoms with Gasteiger partial charge in [-0.15, -0.1) is 24.0 Å². The van der Waals surface area contributed by atoms with Crippen molar-refractivity contribution in [3.63, 3.8) is 0 Å². The highest BCUT2D eigenvalue weighted by Gasteiger charge is 2.21. The Morgan fingerprint density at radius 1 is 1.29 bits per heavy atom. The monoisotopic (exact) mass is 454 g/mol. The number of hydrogen-bond acceptors (Lipinski definition) is 3. The van der Waals surface area contributed by atoms with E-state index in [9.17, 15) is 0 Å². The number of nitrogens with one attached hydrogen (secondary N) is 2. The zero-order valence-electron chi connectivity index (χ0n) is 16.5. The first-order chi connectivity index (χ1) is 10.8. The number of halogens is 1. The Kier molecular flexibility index (Phi) is 12.3. The van der Waals surface area contributed by atoms with Gasteiger partial charge in [-0.2, -0.15) is 0 Å². The molecule has 1 aliphatic rings. The Morgan fingerprint density at radius 3 is 2.58 bits per heavy atom. The van der Waals surface area contributed by atoms with Crippen LogP contribution in [0, 0.1) is 11.3 Å². The third-order valence-corrected chi connectivity index (χ3v) is 3.96. The minimum absolute atomic E-state index is 0. The van der Waals surface area contributed by atoms with Crippen molar-refractivity contribution in [2.24, 2.45) is 16.3 Å². The van der Waals surface area contributed by atoms with Crippen molar-refractivity contribution >= 4 is 29.9 Å². The SMILES string of the molecule is CN=C(NCCCC(C)(C)C)NCC1CN(CC(C)C)CCO1.I. The third-order valence-electron chi connectivity index (χ3n) is 3.96. The Hall–Kier alpha value is -0.0800. The summed E-state index contributed by atoms with van der Waals surface area (Å²) in [5, 5.41) is 6.79. The number of aliphatic imine (C=N–C) groups is 1. The standard InChI is InChI=1S/C18H38N4O.HI/c1-15(2)13-22-10-11-23-16(14-22)12-21-17(19-6)20-9-7-8-18(3,4)5;/h15-16H,7-14H2,1-6H3,(H2,19,20,21);1H. The zero-order chi connectivity index (χ0) is 17.3. The summed E-state index contributed by atoms with van der Waals surface area (Å²) in [6, 6.07) is 0. The van der Waals surface area contributed by atoms with Crippen molar-refractivity contribution in [2.75, 3.05) is 46.4 Å². The fourth-order valence-corrected chi connectivity index (χ4v) is 2.84. The van der Waals surface area contributed by atoms with Crippen LogP contribution in [0.1, 0.15) is 47.5 Å². The Labute approximate surface area is 166 Å². The van der Waals surface area contributed by atoms with Gasteiger partial charge < -0.3 is 15.4 Å². The average molecular weight is 454 g/mol. The molecule has 5 nitrogen and oxygen atoms in total. The summed E-state index contributed by atoms with van der Waals surface area (Å²) in [5.74, 6) is 1.59. The molecule has 1 heterocycles. The van der Waals surface area contributed by atoms with E-state index < -0.39 is 0 Å². The number of hydrogen-bond donors (Lipinski definition) is 2. The molecule has 1 fully saturated rings. The quantitative estimate of drug-likeness (QED) is 0.269. The van der Waals surface area contributed by atoms with Gasteiger partial charge in [0.25, 0.3) is 0 Å². The normalized spacial score (nSPS) is 20.0. The zero-order valence-corrected chi connectivity index (χ0v) is 18.9. The first-order valence-electron chi connectivity index (χ1n) is 9.08. The molecule has 1 atom stereocenters. The Bertz CT molecular complexity index is 355. The smallest absolute Gasteiger partial charge is 0.191 e. The first kappa shape index (κ1) is 23.9. The Morgan fingerprint density at radius 2 is 2.00 bits per heavy atom. The van der Waals surface area contributed by atoms with Gasteiger partial charge in [-0.3, -0.25) is 9.89 Å². The lowest BCUT2D eigenvalue weighted by molar-refractivity contribution is -0.0284. The molecule has 1 aliphatic heterocycles. The van der Waals surface area contributed by atoms with Crippen LogP contribution >= 0.6 is 24.0 Å². The molecule has 6 heteroatoms. The summed E-state index contributed by atoms with van der Waals surface area (Å²) < 4.78 is 5.87. The highest BCUT2D eigenvalue weighted by Crippen LogP contribution is 2.19. The molecule has 1 saturated heterocycles. The van der Waals surface area contributed by atoms with E-state index in [1.807, 2.05) is 7.05 Å². The number of nitrogens with zero attached hydrogens (tertiary/aromatic N) is 2. The number of ether oxygens (including phenoxy) is 1. The molecule has 0 radical (unpaired) electrons. The van der Waals surface area contributed by atoms with E-state index in [4.69, 9.17) is 4.74 Å². The lowest BCUT2D eigenvalue weighted by Gasteiger charge is -2.34. The molecule has 1 rings (SSSR count). The van der Waals surface area contributed by atoms with Gasteiger partial charge in [0, 0.05) is 39.8 Å². The van der Waals surface area contributed by atoms with Crippen molar-refractivity contribution in [3.8, 4) is 0 Å². The van der Waals surface area contributed by atoms with E-state index in [2.05, 4.69) is 55.1 Å².